The van der Waals surface area contributed by atoms with Crippen LogP contribution in [-0.4, -0.2) is 75.9 Å². The van der Waals surface area contributed by atoms with Crippen LogP contribution in [0.25, 0.3) is 10.2 Å². The lowest BCUT2D eigenvalue weighted by Gasteiger charge is -2.22. The van der Waals surface area contributed by atoms with E-state index in [1.54, 1.807) is 24.1 Å². The minimum absolute atomic E-state index is 0. The van der Waals surface area contributed by atoms with E-state index in [1.165, 1.54) is 27.8 Å². The van der Waals surface area contributed by atoms with E-state index in [2.05, 4.69) is 0 Å². The van der Waals surface area contributed by atoms with Crippen LogP contribution in [0, 0.1) is 6.92 Å². The molecule has 2 heterocycles. The smallest absolute Gasteiger partial charge is 0.260 e. The van der Waals surface area contributed by atoms with E-state index >= 15 is 0 Å². The number of likely N-dealkylation sites (N-methyl/N-ethyl adjacent to an activating group) is 1. The summed E-state index contributed by atoms with van der Waals surface area (Å²) < 4.78 is 33.6. The molecule has 0 atom stereocenters. The average molecular weight is 539 g/mol. The van der Waals surface area contributed by atoms with Crippen LogP contribution in [0.15, 0.2) is 41.3 Å². The molecule has 3 aromatic rings. The summed E-state index contributed by atoms with van der Waals surface area (Å²) in [4.78, 5) is 22.2. The third kappa shape index (κ3) is 5.62. The first-order valence-electron chi connectivity index (χ1n) is 11.2. The molecule has 0 saturated carbocycles. The van der Waals surface area contributed by atoms with Gasteiger partial charge in [-0.25, -0.2) is 13.4 Å². The molecule has 8 nitrogen and oxygen atoms in total. The number of amides is 1. The van der Waals surface area contributed by atoms with Gasteiger partial charge in [-0.1, -0.05) is 17.4 Å². The molecule has 0 spiro atoms. The number of benzene rings is 2. The van der Waals surface area contributed by atoms with Crippen LogP contribution >= 0.6 is 23.7 Å². The van der Waals surface area contributed by atoms with Gasteiger partial charge in [-0.3, -0.25) is 9.69 Å². The molecule has 190 valence electrons. The van der Waals surface area contributed by atoms with Crippen molar-refractivity contribution in [3.05, 3.63) is 47.5 Å². The number of rotatable bonds is 8. The lowest BCUT2D eigenvalue weighted by atomic mass is 10.2. The van der Waals surface area contributed by atoms with Crippen molar-refractivity contribution in [2.45, 2.75) is 24.7 Å². The van der Waals surface area contributed by atoms with Crippen LogP contribution in [0.3, 0.4) is 0 Å². The minimum Gasteiger partial charge on any atom is -0.494 e. The van der Waals surface area contributed by atoms with Crippen LogP contribution in [-0.2, 0) is 10.0 Å². The monoisotopic (exact) mass is 538 g/mol. The first-order valence-corrected chi connectivity index (χ1v) is 13.5. The Hall–Kier alpha value is -2.24. The lowest BCUT2D eigenvalue weighted by molar-refractivity contribution is 0.0985. The molecular weight excluding hydrogens is 508 g/mol. The number of hydrogen-bond donors (Lipinski definition) is 0. The van der Waals surface area contributed by atoms with Crippen LogP contribution in [0.1, 0.15) is 28.8 Å². The van der Waals surface area contributed by atoms with Gasteiger partial charge >= 0.3 is 0 Å². The molecule has 1 saturated heterocycles. The summed E-state index contributed by atoms with van der Waals surface area (Å²) >= 11 is 1.45. The van der Waals surface area contributed by atoms with E-state index in [0.717, 1.165) is 28.6 Å². The van der Waals surface area contributed by atoms with Gasteiger partial charge in [0.15, 0.2) is 5.13 Å². The highest BCUT2D eigenvalue weighted by atomic mass is 35.5. The number of sulfonamides is 1. The third-order valence-corrected chi connectivity index (χ3v) is 9.09. The van der Waals surface area contributed by atoms with Gasteiger partial charge in [0.1, 0.15) is 11.3 Å². The second-order valence-electron chi connectivity index (χ2n) is 8.65. The number of aromatic nitrogens is 1. The Morgan fingerprint density at radius 1 is 1.09 bits per heavy atom. The summed E-state index contributed by atoms with van der Waals surface area (Å²) in [6, 6.07) is 10.1. The molecule has 11 heteroatoms. The van der Waals surface area contributed by atoms with Crippen LogP contribution in [0.4, 0.5) is 5.13 Å². The second-order valence-corrected chi connectivity index (χ2v) is 11.6. The van der Waals surface area contributed by atoms with Crippen molar-refractivity contribution < 1.29 is 17.9 Å². The zero-order valence-corrected chi connectivity index (χ0v) is 22.8. The third-order valence-electron chi connectivity index (χ3n) is 5.96. The topological polar surface area (TPSA) is 83.0 Å². The minimum atomic E-state index is -3.53. The van der Waals surface area contributed by atoms with E-state index in [4.69, 9.17) is 9.72 Å². The van der Waals surface area contributed by atoms with E-state index in [0.29, 0.717) is 42.6 Å². The van der Waals surface area contributed by atoms with Crippen LogP contribution in [0.5, 0.6) is 5.75 Å². The van der Waals surface area contributed by atoms with Crippen LogP contribution < -0.4 is 9.64 Å². The van der Waals surface area contributed by atoms with Gasteiger partial charge in [0, 0.05) is 31.7 Å². The Morgan fingerprint density at radius 3 is 2.34 bits per heavy atom. The summed E-state index contributed by atoms with van der Waals surface area (Å²) in [5.74, 6) is 0.447. The lowest BCUT2D eigenvalue weighted by Crippen LogP contribution is -2.36. The van der Waals surface area contributed by atoms with Crippen molar-refractivity contribution in [1.29, 1.82) is 0 Å². The normalized spacial score (nSPS) is 14.3. The largest absolute Gasteiger partial charge is 0.494 e. The summed E-state index contributed by atoms with van der Waals surface area (Å²) in [7, 11) is 1.98. The Kier molecular flexibility index (Phi) is 8.76. The molecule has 1 amide bonds. The highest BCUT2D eigenvalue weighted by molar-refractivity contribution is 7.89. The maximum Gasteiger partial charge on any atom is 0.260 e. The zero-order chi connectivity index (χ0) is 24.5. The summed E-state index contributed by atoms with van der Waals surface area (Å²) in [5, 5.41) is 0.586. The quantitative estimate of drug-likeness (QED) is 0.430. The second kappa shape index (κ2) is 11.2. The molecule has 35 heavy (non-hydrogen) atoms. The van der Waals surface area contributed by atoms with E-state index in [9.17, 15) is 13.2 Å². The number of methoxy groups -OCH3 is 1. The first-order chi connectivity index (χ1) is 16.2. The van der Waals surface area contributed by atoms with Gasteiger partial charge in [0.2, 0.25) is 10.0 Å². The number of hydrogen-bond acceptors (Lipinski definition) is 7. The number of carbonyl (C=O) groups excluding carboxylic acids is 1. The molecule has 0 unspecified atom stereocenters. The number of carbonyl (C=O) groups is 1. The Bertz CT molecular complexity index is 1290. The predicted molar refractivity (Wildman–Crippen MR) is 143 cm³/mol. The number of aryl methyl sites for hydroxylation is 1. The summed E-state index contributed by atoms with van der Waals surface area (Å²) in [6.07, 6.45) is 1.76. The van der Waals surface area contributed by atoms with Gasteiger partial charge < -0.3 is 9.64 Å². The predicted octanol–water partition coefficient (Wildman–Crippen LogP) is 4.03. The molecule has 1 aromatic heterocycles. The zero-order valence-electron chi connectivity index (χ0n) is 20.4. The Labute approximate surface area is 217 Å². The molecule has 0 N–H and O–H groups in total. The standard InChI is InChI=1S/C24H30N4O4S2.ClH/c1-17-7-12-20(32-4)21-22(17)33-24(25-21)28(16-15-26(2)3)23(29)18-8-10-19(11-9-18)34(30,31)27-13-5-6-14-27;/h7-12H,5-6,13-16H2,1-4H3;1H. The van der Waals surface area contributed by atoms with E-state index in [-0.39, 0.29) is 23.2 Å². The molecular formula is C24H31ClN4O4S2. The molecule has 1 fully saturated rings. The van der Waals surface area contributed by atoms with Crippen LogP contribution in [0.2, 0.25) is 0 Å². The Morgan fingerprint density at radius 2 is 1.74 bits per heavy atom. The first kappa shape index (κ1) is 27.3. The maximum absolute atomic E-state index is 13.6. The SMILES string of the molecule is COc1ccc(C)c2sc(N(CCN(C)C)C(=O)c3ccc(S(=O)(=O)N4CCCC4)cc3)nc12.Cl. The van der Waals surface area contributed by atoms with E-state index < -0.39 is 10.0 Å². The molecule has 2 aromatic carbocycles. The number of ether oxygens (including phenoxy) is 1. The van der Waals surface area contributed by atoms with Gasteiger partial charge in [0.05, 0.1) is 16.7 Å². The fourth-order valence-electron chi connectivity index (χ4n) is 3.97. The highest BCUT2D eigenvalue weighted by Gasteiger charge is 2.28. The summed E-state index contributed by atoms with van der Waals surface area (Å²) in [5.41, 5.74) is 2.22. The fraction of sp³-hybridized carbons (Fsp3) is 0.417. The van der Waals surface area contributed by atoms with E-state index in [1.807, 2.05) is 38.1 Å². The van der Waals surface area contributed by atoms with Crippen molar-refractivity contribution in [3.63, 3.8) is 0 Å². The number of fused-ring (bicyclic) bond motifs is 1. The van der Waals surface area contributed by atoms with Crippen molar-refractivity contribution in [1.82, 2.24) is 14.2 Å². The van der Waals surface area contributed by atoms with Gasteiger partial charge in [0.25, 0.3) is 5.91 Å². The number of thiazole rings is 1. The highest BCUT2D eigenvalue weighted by Crippen LogP contribution is 2.37. The Balaban J connectivity index is 0.00000342. The molecule has 0 bridgehead atoms. The maximum atomic E-state index is 13.6. The van der Waals surface area contributed by atoms with Crippen molar-refractivity contribution in [2.24, 2.45) is 0 Å². The number of anilines is 1. The van der Waals surface area contributed by atoms with Crippen molar-refractivity contribution in [2.75, 3.05) is 52.3 Å². The van der Waals surface area contributed by atoms with Gasteiger partial charge in [-0.2, -0.15) is 4.31 Å². The van der Waals surface area contributed by atoms with Gasteiger partial charge in [-0.15, -0.1) is 12.4 Å². The molecule has 1 aliphatic heterocycles. The molecule has 0 aliphatic carbocycles. The molecule has 1 aliphatic rings. The van der Waals surface area contributed by atoms with Crippen molar-refractivity contribution in [3.8, 4) is 5.75 Å². The average Bonchev–Trinajstić information content (AvgIpc) is 3.51. The molecule has 4 rings (SSSR count). The number of halogens is 1. The molecule has 0 radical (unpaired) electrons. The fourth-order valence-corrected chi connectivity index (χ4v) is 6.56. The van der Waals surface area contributed by atoms with Gasteiger partial charge in [-0.05, 0) is 69.8 Å². The summed E-state index contributed by atoms with van der Waals surface area (Å²) in [6.45, 7) is 4.19. The van der Waals surface area contributed by atoms with Crippen molar-refractivity contribution >= 4 is 55.0 Å². The number of nitrogens with zero attached hydrogens (tertiary/aromatic N) is 4.